The number of aliphatic carboxylic acids is 1. The zero-order chi connectivity index (χ0) is 13.7. The fraction of sp³-hybridized carbons (Fsp3) is 0.562. The molecule has 2 rings (SSSR count). The molecule has 0 aromatic heterocycles. The average Bonchev–Trinajstić information content (AvgIpc) is 2.78. The molecule has 0 spiro atoms. The number of fused-ring (bicyclic) bond motifs is 1. The van der Waals surface area contributed by atoms with Gasteiger partial charge in [-0.25, -0.2) is 0 Å². The molecule has 1 aromatic carbocycles. The second-order valence-corrected chi connectivity index (χ2v) is 5.31. The molecule has 0 radical (unpaired) electrons. The number of benzene rings is 1. The van der Waals surface area contributed by atoms with Crippen LogP contribution in [0.3, 0.4) is 0 Å². The molecule has 0 fully saturated rings. The van der Waals surface area contributed by atoms with Crippen LogP contribution in [-0.4, -0.2) is 24.2 Å². The quantitative estimate of drug-likeness (QED) is 0.762. The van der Waals surface area contributed by atoms with E-state index < -0.39 is 5.97 Å². The smallest absolute Gasteiger partial charge is 0.312 e. The van der Waals surface area contributed by atoms with Crippen LogP contribution in [0.25, 0.3) is 0 Å². The summed E-state index contributed by atoms with van der Waals surface area (Å²) in [6.07, 6.45) is 6.24. The average molecular weight is 261 g/mol. The first kappa shape index (κ1) is 13.9. The number of unbranched alkanes of at least 4 members (excludes halogenated alkanes) is 4. The lowest BCUT2D eigenvalue weighted by molar-refractivity contribution is -0.138. The van der Waals surface area contributed by atoms with Crippen molar-refractivity contribution in [2.75, 3.05) is 18.0 Å². The largest absolute Gasteiger partial charge is 0.481 e. The standard InChI is InChI=1S/C16H23NO2/c1-2-3-4-5-8-11-17-12-14(16(18)19)13-9-6-7-10-15(13)17/h6-7,9-10,14H,2-5,8,11-12H2,1H3,(H,18,19). The van der Waals surface area contributed by atoms with Crippen LogP contribution in [0.1, 0.15) is 50.5 Å². The van der Waals surface area contributed by atoms with Crippen molar-refractivity contribution < 1.29 is 9.90 Å². The lowest BCUT2D eigenvalue weighted by Gasteiger charge is -2.19. The minimum absolute atomic E-state index is 0.355. The molecule has 3 heteroatoms. The molecule has 1 heterocycles. The molecule has 0 saturated carbocycles. The monoisotopic (exact) mass is 261 g/mol. The van der Waals surface area contributed by atoms with E-state index in [0.717, 1.165) is 24.2 Å². The van der Waals surface area contributed by atoms with Crippen LogP contribution in [0.15, 0.2) is 24.3 Å². The summed E-state index contributed by atoms with van der Waals surface area (Å²) in [7, 11) is 0. The Hall–Kier alpha value is -1.51. The van der Waals surface area contributed by atoms with E-state index >= 15 is 0 Å². The topological polar surface area (TPSA) is 40.5 Å². The first-order valence-corrected chi connectivity index (χ1v) is 7.30. The van der Waals surface area contributed by atoms with Crippen molar-refractivity contribution in [2.45, 2.75) is 44.9 Å². The Balaban J connectivity index is 1.94. The highest BCUT2D eigenvalue weighted by molar-refractivity contribution is 5.82. The summed E-state index contributed by atoms with van der Waals surface area (Å²) in [6, 6.07) is 7.92. The van der Waals surface area contributed by atoms with Crippen LogP contribution in [0.5, 0.6) is 0 Å². The maximum absolute atomic E-state index is 11.3. The lowest BCUT2D eigenvalue weighted by atomic mass is 10.0. The van der Waals surface area contributed by atoms with Gasteiger partial charge in [0.2, 0.25) is 0 Å². The molecule has 19 heavy (non-hydrogen) atoms. The van der Waals surface area contributed by atoms with Gasteiger partial charge >= 0.3 is 5.97 Å². The number of anilines is 1. The number of carbonyl (C=O) groups is 1. The van der Waals surface area contributed by atoms with Crippen LogP contribution in [0.2, 0.25) is 0 Å². The highest BCUT2D eigenvalue weighted by Crippen LogP contribution is 2.36. The summed E-state index contributed by atoms with van der Waals surface area (Å²) in [5.74, 6) is -1.06. The third kappa shape index (κ3) is 3.28. The molecular weight excluding hydrogens is 238 g/mol. The molecule has 0 bridgehead atoms. The van der Waals surface area contributed by atoms with E-state index in [1.54, 1.807) is 0 Å². The van der Waals surface area contributed by atoms with Crippen molar-refractivity contribution in [3.63, 3.8) is 0 Å². The highest BCUT2D eigenvalue weighted by Gasteiger charge is 2.32. The molecule has 3 nitrogen and oxygen atoms in total. The maximum atomic E-state index is 11.3. The normalized spacial score (nSPS) is 17.5. The Labute approximate surface area is 115 Å². The van der Waals surface area contributed by atoms with Crippen molar-refractivity contribution in [1.29, 1.82) is 0 Å². The highest BCUT2D eigenvalue weighted by atomic mass is 16.4. The van der Waals surface area contributed by atoms with Crippen LogP contribution in [0.4, 0.5) is 5.69 Å². The number of nitrogens with zero attached hydrogens (tertiary/aromatic N) is 1. The number of hydrogen-bond donors (Lipinski definition) is 1. The molecule has 1 aliphatic rings. The van der Waals surface area contributed by atoms with Crippen LogP contribution in [-0.2, 0) is 4.79 Å². The predicted octanol–water partition coefficient (Wildman–Crippen LogP) is 3.65. The molecule has 0 amide bonds. The molecule has 104 valence electrons. The summed E-state index contributed by atoms with van der Waals surface area (Å²) in [6.45, 7) is 3.82. The van der Waals surface area contributed by atoms with Gasteiger partial charge in [-0.1, -0.05) is 50.8 Å². The first-order valence-electron chi connectivity index (χ1n) is 7.30. The molecule has 0 aliphatic carbocycles. The summed E-state index contributed by atoms with van der Waals surface area (Å²) >= 11 is 0. The van der Waals surface area contributed by atoms with E-state index in [1.165, 1.54) is 25.7 Å². The van der Waals surface area contributed by atoms with Gasteiger partial charge in [0.25, 0.3) is 0 Å². The number of carboxylic acid groups (broad SMARTS) is 1. The third-order valence-corrected chi connectivity index (χ3v) is 3.89. The van der Waals surface area contributed by atoms with Gasteiger partial charge in [-0.05, 0) is 18.1 Å². The molecule has 1 N–H and O–H groups in total. The van der Waals surface area contributed by atoms with E-state index in [9.17, 15) is 9.90 Å². The van der Waals surface area contributed by atoms with Gasteiger partial charge < -0.3 is 10.0 Å². The summed E-state index contributed by atoms with van der Waals surface area (Å²) < 4.78 is 0. The zero-order valence-electron chi connectivity index (χ0n) is 11.6. The molecule has 1 aromatic rings. The van der Waals surface area contributed by atoms with Crippen LogP contribution < -0.4 is 4.90 Å². The molecule has 1 aliphatic heterocycles. The van der Waals surface area contributed by atoms with Gasteiger partial charge in [0.05, 0.1) is 0 Å². The van der Waals surface area contributed by atoms with Crippen molar-refractivity contribution >= 4 is 11.7 Å². The van der Waals surface area contributed by atoms with Gasteiger partial charge in [0.15, 0.2) is 0 Å². The summed E-state index contributed by atoms with van der Waals surface area (Å²) in [5.41, 5.74) is 2.09. The van der Waals surface area contributed by atoms with Crippen LogP contribution in [0, 0.1) is 0 Å². The minimum atomic E-state index is -0.707. The van der Waals surface area contributed by atoms with Crippen molar-refractivity contribution in [3.8, 4) is 0 Å². The number of rotatable bonds is 7. The first-order chi connectivity index (χ1) is 9.24. The van der Waals surface area contributed by atoms with Crippen molar-refractivity contribution in [1.82, 2.24) is 0 Å². The number of para-hydroxylation sites is 1. The van der Waals surface area contributed by atoms with E-state index in [-0.39, 0.29) is 5.92 Å². The molecule has 1 unspecified atom stereocenters. The van der Waals surface area contributed by atoms with E-state index in [2.05, 4.69) is 11.8 Å². The predicted molar refractivity (Wildman–Crippen MR) is 77.8 cm³/mol. The van der Waals surface area contributed by atoms with Gasteiger partial charge in [0.1, 0.15) is 5.92 Å². The van der Waals surface area contributed by atoms with Crippen molar-refractivity contribution in [2.24, 2.45) is 0 Å². The van der Waals surface area contributed by atoms with Gasteiger partial charge in [-0.15, -0.1) is 0 Å². The van der Waals surface area contributed by atoms with Gasteiger partial charge in [-0.2, -0.15) is 0 Å². The summed E-state index contributed by atoms with van der Waals surface area (Å²) in [4.78, 5) is 13.5. The third-order valence-electron chi connectivity index (χ3n) is 3.89. The minimum Gasteiger partial charge on any atom is -0.481 e. The zero-order valence-corrected chi connectivity index (χ0v) is 11.6. The Morgan fingerprint density at radius 2 is 2.00 bits per heavy atom. The Morgan fingerprint density at radius 1 is 1.26 bits per heavy atom. The number of carboxylic acids is 1. The van der Waals surface area contributed by atoms with E-state index in [1.807, 2.05) is 24.3 Å². The molecule has 1 atom stereocenters. The van der Waals surface area contributed by atoms with Gasteiger partial charge in [0, 0.05) is 18.8 Å². The van der Waals surface area contributed by atoms with Gasteiger partial charge in [-0.3, -0.25) is 4.79 Å². The number of hydrogen-bond acceptors (Lipinski definition) is 2. The molecule has 0 saturated heterocycles. The maximum Gasteiger partial charge on any atom is 0.312 e. The second-order valence-electron chi connectivity index (χ2n) is 5.31. The second kappa shape index (κ2) is 6.60. The fourth-order valence-electron chi connectivity index (χ4n) is 2.82. The fourth-order valence-corrected chi connectivity index (χ4v) is 2.82. The lowest BCUT2D eigenvalue weighted by Crippen LogP contribution is -2.25. The Bertz CT molecular complexity index is 431. The van der Waals surface area contributed by atoms with E-state index in [4.69, 9.17) is 0 Å². The Morgan fingerprint density at radius 3 is 2.74 bits per heavy atom. The van der Waals surface area contributed by atoms with E-state index in [0.29, 0.717) is 6.54 Å². The van der Waals surface area contributed by atoms with Crippen LogP contribution >= 0.6 is 0 Å². The SMILES string of the molecule is CCCCCCCN1CC(C(=O)O)c2ccccc21. The molecular formula is C16H23NO2. The van der Waals surface area contributed by atoms with Crippen molar-refractivity contribution in [3.05, 3.63) is 29.8 Å². The Kier molecular flexibility index (Phi) is 4.83. The summed E-state index contributed by atoms with van der Waals surface area (Å²) in [5, 5.41) is 9.29.